The van der Waals surface area contributed by atoms with Gasteiger partial charge in [-0.25, -0.2) is 0 Å². The Kier molecular flexibility index (Phi) is 4.59. The molecule has 0 atom stereocenters. The molecule has 0 aliphatic rings. The van der Waals surface area contributed by atoms with Gasteiger partial charge in [0.25, 0.3) is 0 Å². The highest BCUT2D eigenvalue weighted by molar-refractivity contribution is 6.26. The smallest absolute Gasteiger partial charge is 0.0590 e. The predicted molar refractivity (Wildman–Crippen MR) is 154 cm³/mol. The van der Waals surface area contributed by atoms with Gasteiger partial charge < -0.3 is 9.13 Å². The molecule has 0 fully saturated rings. The summed E-state index contributed by atoms with van der Waals surface area (Å²) in [6.45, 7) is 4.49. The van der Waals surface area contributed by atoms with Crippen molar-refractivity contribution in [1.29, 1.82) is 0 Å². The minimum atomic E-state index is 1.00. The number of aryl methyl sites for hydroxylation is 3. The zero-order chi connectivity index (χ0) is 24.4. The van der Waals surface area contributed by atoms with Crippen molar-refractivity contribution in [3.05, 3.63) is 114 Å². The molecule has 5 aromatic carbocycles. The number of rotatable bonds is 3. The molecule has 174 valence electrons. The lowest BCUT2D eigenvalue weighted by Crippen LogP contribution is -1.96. The fourth-order valence-corrected chi connectivity index (χ4v) is 6.22. The summed E-state index contributed by atoms with van der Waals surface area (Å²) in [5.41, 5.74) is 11.7. The first-order valence-electron chi connectivity index (χ1n) is 12.8. The van der Waals surface area contributed by atoms with Crippen LogP contribution in [0.5, 0.6) is 0 Å². The molecule has 0 bridgehead atoms. The van der Waals surface area contributed by atoms with Gasteiger partial charge in [-0.2, -0.15) is 0 Å². The fourth-order valence-electron chi connectivity index (χ4n) is 6.22. The van der Waals surface area contributed by atoms with Gasteiger partial charge in [0, 0.05) is 39.8 Å². The molecule has 0 unspecified atom stereocenters. The Morgan fingerprint density at radius 2 is 1.31 bits per heavy atom. The monoisotopic (exact) mass is 464 g/mol. The van der Waals surface area contributed by atoms with Gasteiger partial charge in [0.15, 0.2) is 0 Å². The van der Waals surface area contributed by atoms with E-state index in [1.165, 1.54) is 71.6 Å². The van der Waals surface area contributed by atoms with Crippen LogP contribution in [0.4, 0.5) is 0 Å². The van der Waals surface area contributed by atoms with Crippen LogP contribution in [0.2, 0.25) is 0 Å². The van der Waals surface area contributed by atoms with E-state index >= 15 is 0 Å². The normalized spacial score (nSPS) is 11.9. The van der Waals surface area contributed by atoms with Crippen LogP contribution in [0.15, 0.2) is 103 Å². The quantitative estimate of drug-likeness (QED) is 0.247. The Morgan fingerprint density at radius 1 is 0.611 bits per heavy atom. The Morgan fingerprint density at radius 3 is 2.11 bits per heavy atom. The largest absolute Gasteiger partial charge is 0.343 e. The zero-order valence-electron chi connectivity index (χ0n) is 20.9. The summed E-state index contributed by atoms with van der Waals surface area (Å²) in [4.78, 5) is 0. The van der Waals surface area contributed by atoms with Crippen molar-refractivity contribution in [2.24, 2.45) is 7.05 Å². The Hall–Kier alpha value is -4.30. The molecular formula is C34H28N2. The van der Waals surface area contributed by atoms with Gasteiger partial charge in [-0.1, -0.05) is 85.8 Å². The van der Waals surface area contributed by atoms with E-state index in [2.05, 4.69) is 133 Å². The molecular weight excluding hydrogens is 436 g/mol. The average molecular weight is 465 g/mol. The summed E-state index contributed by atoms with van der Waals surface area (Å²) in [5.74, 6) is 0. The highest BCUT2D eigenvalue weighted by Crippen LogP contribution is 2.43. The molecule has 2 aromatic heterocycles. The van der Waals surface area contributed by atoms with E-state index in [9.17, 15) is 0 Å². The summed E-state index contributed by atoms with van der Waals surface area (Å²) >= 11 is 0. The summed E-state index contributed by atoms with van der Waals surface area (Å²) in [6.07, 6.45) is 1.00. The fraction of sp³-hybridized carbons (Fsp3) is 0.118. The van der Waals surface area contributed by atoms with Crippen LogP contribution in [0, 0.1) is 6.92 Å². The van der Waals surface area contributed by atoms with Crippen LogP contribution < -0.4 is 0 Å². The molecule has 7 rings (SSSR count). The second kappa shape index (κ2) is 7.86. The minimum Gasteiger partial charge on any atom is -0.343 e. The number of aromatic nitrogens is 2. The number of hydrogen-bond acceptors (Lipinski definition) is 0. The molecule has 0 aliphatic carbocycles. The third-order valence-electron chi connectivity index (χ3n) is 7.85. The predicted octanol–water partition coefficient (Wildman–Crippen LogP) is 8.97. The van der Waals surface area contributed by atoms with Crippen molar-refractivity contribution in [2.45, 2.75) is 20.3 Å². The molecule has 0 spiro atoms. The minimum absolute atomic E-state index is 1.00. The van der Waals surface area contributed by atoms with Gasteiger partial charge in [-0.15, -0.1) is 0 Å². The second-order valence-corrected chi connectivity index (χ2v) is 9.77. The molecule has 0 aliphatic heterocycles. The number of hydrogen-bond donors (Lipinski definition) is 0. The van der Waals surface area contributed by atoms with Gasteiger partial charge in [0.2, 0.25) is 0 Å². The average Bonchev–Trinajstić information content (AvgIpc) is 3.41. The Labute approximate surface area is 211 Å². The van der Waals surface area contributed by atoms with E-state index in [0.29, 0.717) is 0 Å². The Bertz CT molecular complexity index is 1930. The summed E-state index contributed by atoms with van der Waals surface area (Å²) in [5, 5.41) is 5.25. The van der Waals surface area contributed by atoms with Crippen molar-refractivity contribution in [3.63, 3.8) is 0 Å². The number of para-hydroxylation sites is 2. The molecule has 2 heteroatoms. The summed E-state index contributed by atoms with van der Waals surface area (Å²) in [7, 11) is 2.25. The van der Waals surface area contributed by atoms with E-state index in [4.69, 9.17) is 0 Å². The topological polar surface area (TPSA) is 9.86 Å². The second-order valence-electron chi connectivity index (χ2n) is 9.77. The Balaban J connectivity index is 1.70. The van der Waals surface area contributed by atoms with Gasteiger partial charge in [-0.05, 0) is 54.3 Å². The lowest BCUT2D eigenvalue weighted by atomic mass is 9.92. The van der Waals surface area contributed by atoms with Crippen LogP contribution in [-0.4, -0.2) is 9.13 Å². The third kappa shape index (κ3) is 2.79. The van der Waals surface area contributed by atoms with Crippen LogP contribution >= 0.6 is 0 Å². The maximum atomic E-state index is 2.45. The van der Waals surface area contributed by atoms with E-state index < -0.39 is 0 Å². The van der Waals surface area contributed by atoms with E-state index in [1.807, 2.05) is 0 Å². The standard InChI is InChI=1S/C34H28N2/c1-4-23-18-19-26-27-20-21-30-32(28-16-10-11-17-29(28)36(30)24-13-6-5-7-14-24)34(27)35(3)33(26)31(23)25-15-9-8-12-22(25)2/h5-21H,4H2,1-3H3. The highest BCUT2D eigenvalue weighted by atomic mass is 15.0. The van der Waals surface area contributed by atoms with Crippen LogP contribution in [0.1, 0.15) is 18.1 Å². The maximum absolute atomic E-state index is 2.45. The summed E-state index contributed by atoms with van der Waals surface area (Å²) in [6, 6.07) is 37.6. The van der Waals surface area contributed by atoms with Gasteiger partial charge in [0.1, 0.15) is 0 Å². The molecule has 2 nitrogen and oxygen atoms in total. The van der Waals surface area contributed by atoms with Crippen LogP contribution in [-0.2, 0) is 13.5 Å². The SMILES string of the molecule is CCc1ccc2c3ccc4c(c5ccccc5n4-c4ccccc4)c3n(C)c2c1-c1ccccc1C. The van der Waals surface area contributed by atoms with E-state index in [0.717, 1.165) is 6.42 Å². The third-order valence-corrected chi connectivity index (χ3v) is 7.85. The van der Waals surface area contributed by atoms with E-state index in [1.54, 1.807) is 0 Å². The highest BCUT2D eigenvalue weighted by Gasteiger charge is 2.21. The molecule has 0 saturated heterocycles. The number of fused-ring (bicyclic) bond motifs is 7. The molecule has 7 aromatic rings. The van der Waals surface area contributed by atoms with E-state index in [-0.39, 0.29) is 0 Å². The van der Waals surface area contributed by atoms with Gasteiger partial charge in [0.05, 0.1) is 22.1 Å². The lowest BCUT2D eigenvalue weighted by Gasteiger charge is -2.14. The molecule has 2 heterocycles. The molecule has 0 radical (unpaired) electrons. The first-order chi connectivity index (χ1) is 17.7. The molecule has 36 heavy (non-hydrogen) atoms. The van der Waals surface area contributed by atoms with Crippen molar-refractivity contribution < 1.29 is 0 Å². The molecule has 0 amide bonds. The van der Waals surface area contributed by atoms with Crippen LogP contribution in [0.25, 0.3) is 60.4 Å². The maximum Gasteiger partial charge on any atom is 0.0590 e. The number of nitrogens with zero attached hydrogens (tertiary/aromatic N) is 2. The first-order valence-corrected chi connectivity index (χ1v) is 12.8. The van der Waals surface area contributed by atoms with Crippen molar-refractivity contribution in [1.82, 2.24) is 9.13 Å². The van der Waals surface area contributed by atoms with Crippen molar-refractivity contribution in [3.8, 4) is 16.8 Å². The molecule has 0 saturated carbocycles. The van der Waals surface area contributed by atoms with Crippen molar-refractivity contribution in [2.75, 3.05) is 0 Å². The van der Waals surface area contributed by atoms with Crippen LogP contribution in [0.3, 0.4) is 0 Å². The lowest BCUT2D eigenvalue weighted by molar-refractivity contribution is 1.01. The first kappa shape index (κ1) is 21.0. The zero-order valence-corrected chi connectivity index (χ0v) is 20.9. The molecule has 0 N–H and O–H groups in total. The van der Waals surface area contributed by atoms with Gasteiger partial charge in [-0.3, -0.25) is 0 Å². The number of benzene rings is 5. The van der Waals surface area contributed by atoms with Crippen molar-refractivity contribution >= 4 is 43.6 Å². The summed E-state index contributed by atoms with van der Waals surface area (Å²) < 4.78 is 4.86. The van der Waals surface area contributed by atoms with Gasteiger partial charge >= 0.3 is 0 Å².